The van der Waals surface area contributed by atoms with Gasteiger partial charge in [-0.2, -0.15) is 0 Å². The van der Waals surface area contributed by atoms with Gasteiger partial charge in [-0.05, 0) is 30.5 Å². The van der Waals surface area contributed by atoms with Crippen molar-refractivity contribution in [3.05, 3.63) is 58.4 Å². The summed E-state index contributed by atoms with van der Waals surface area (Å²) in [5, 5.41) is 11.2. The highest BCUT2D eigenvalue weighted by molar-refractivity contribution is 7.97. The van der Waals surface area contributed by atoms with Crippen molar-refractivity contribution < 1.29 is 4.92 Å². The molecule has 0 bridgehead atoms. The Morgan fingerprint density at radius 2 is 2.20 bits per heavy atom. The van der Waals surface area contributed by atoms with E-state index in [-0.39, 0.29) is 10.6 Å². The van der Waals surface area contributed by atoms with Crippen LogP contribution in [0.4, 0.5) is 5.69 Å². The predicted molar refractivity (Wildman–Crippen MR) is 103 cm³/mol. The fourth-order valence-corrected chi connectivity index (χ4v) is 3.36. The van der Waals surface area contributed by atoms with Crippen LogP contribution < -0.4 is 5.73 Å². The average Bonchev–Trinajstić information content (AvgIpc) is 2.79. The van der Waals surface area contributed by atoms with Crippen LogP contribution in [0.1, 0.15) is 6.42 Å². The van der Waals surface area contributed by atoms with E-state index in [9.17, 15) is 10.1 Å². The van der Waals surface area contributed by atoms with Crippen LogP contribution in [-0.4, -0.2) is 53.6 Å². The number of nitrogens with zero attached hydrogens (tertiary/aromatic N) is 4. The summed E-state index contributed by atoms with van der Waals surface area (Å²) in [6.45, 7) is 6.02. The summed E-state index contributed by atoms with van der Waals surface area (Å²) in [6, 6.07) is 6.77. The zero-order valence-electron chi connectivity index (χ0n) is 14.5. The van der Waals surface area contributed by atoms with Crippen LogP contribution in [0.25, 0.3) is 0 Å². The van der Waals surface area contributed by atoms with Gasteiger partial charge >= 0.3 is 0 Å². The van der Waals surface area contributed by atoms with Crippen LogP contribution in [0, 0.1) is 10.1 Å². The SMILES string of the molecule is C=C(/C(N)=C/C1=NCCCN(Sc2ccccc2[N+](=O)[O-])C1)N(C)C. The Kier molecular flexibility index (Phi) is 6.60. The fraction of sp³-hybridized carbons (Fsp3) is 0.353. The Morgan fingerprint density at radius 1 is 1.48 bits per heavy atom. The molecule has 0 saturated carbocycles. The van der Waals surface area contributed by atoms with Gasteiger partial charge in [0.25, 0.3) is 5.69 Å². The maximum absolute atomic E-state index is 11.2. The van der Waals surface area contributed by atoms with Gasteiger partial charge in [0.2, 0.25) is 0 Å². The lowest BCUT2D eigenvalue weighted by atomic mass is 10.2. The summed E-state index contributed by atoms with van der Waals surface area (Å²) < 4.78 is 2.08. The molecule has 0 aliphatic carbocycles. The Hall–Kier alpha value is -2.32. The van der Waals surface area contributed by atoms with E-state index in [0.717, 1.165) is 24.4 Å². The molecule has 2 rings (SSSR count). The molecular formula is C17H23N5O2S. The molecule has 25 heavy (non-hydrogen) atoms. The second-order valence-corrected chi connectivity index (χ2v) is 6.99. The maximum Gasteiger partial charge on any atom is 0.284 e. The zero-order valence-corrected chi connectivity index (χ0v) is 15.3. The van der Waals surface area contributed by atoms with E-state index in [2.05, 4.69) is 15.9 Å². The smallest absolute Gasteiger partial charge is 0.284 e. The minimum absolute atomic E-state index is 0.117. The Balaban J connectivity index is 2.14. The molecule has 1 heterocycles. The van der Waals surface area contributed by atoms with E-state index < -0.39 is 0 Å². The highest BCUT2D eigenvalue weighted by Gasteiger charge is 2.19. The largest absolute Gasteiger partial charge is 0.397 e. The van der Waals surface area contributed by atoms with Gasteiger partial charge < -0.3 is 10.6 Å². The Labute approximate surface area is 152 Å². The van der Waals surface area contributed by atoms with Gasteiger partial charge in [-0.1, -0.05) is 18.7 Å². The highest BCUT2D eigenvalue weighted by Crippen LogP contribution is 2.31. The van der Waals surface area contributed by atoms with Crippen molar-refractivity contribution in [2.24, 2.45) is 10.7 Å². The van der Waals surface area contributed by atoms with E-state index in [1.54, 1.807) is 18.2 Å². The van der Waals surface area contributed by atoms with E-state index in [1.165, 1.54) is 18.0 Å². The first-order valence-corrected chi connectivity index (χ1v) is 8.69. The first kappa shape index (κ1) is 19.0. The lowest BCUT2D eigenvalue weighted by molar-refractivity contribution is -0.387. The summed E-state index contributed by atoms with van der Waals surface area (Å²) in [4.78, 5) is 17.9. The first-order valence-electron chi connectivity index (χ1n) is 7.92. The zero-order chi connectivity index (χ0) is 18.4. The molecule has 1 aliphatic rings. The van der Waals surface area contributed by atoms with Crippen molar-refractivity contribution >= 4 is 23.3 Å². The van der Waals surface area contributed by atoms with Crippen molar-refractivity contribution in [3.8, 4) is 0 Å². The van der Waals surface area contributed by atoms with Crippen LogP contribution in [-0.2, 0) is 0 Å². The number of nitro groups is 1. The standard InChI is InChI=1S/C17H23N5O2S/c1-13(20(2)3)15(18)11-14-12-21(10-6-9-19-14)25-17-8-5-4-7-16(17)22(23)24/h4-5,7-8,11H,1,6,9-10,12,18H2,2-3H3/b15-11-. The van der Waals surface area contributed by atoms with Crippen LogP contribution in [0.15, 0.2) is 58.2 Å². The molecule has 134 valence electrons. The number of benzene rings is 1. The van der Waals surface area contributed by atoms with Crippen molar-refractivity contribution in [3.63, 3.8) is 0 Å². The molecule has 0 atom stereocenters. The van der Waals surface area contributed by atoms with E-state index in [1.807, 2.05) is 25.1 Å². The van der Waals surface area contributed by atoms with Crippen LogP contribution >= 0.6 is 11.9 Å². The molecule has 1 aliphatic heterocycles. The minimum atomic E-state index is -0.353. The van der Waals surface area contributed by atoms with Crippen molar-refractivity contribution in [2.45, 2.75) is 11.3 Å². The number of para-hydroxylation sites is 1. The normalized spacial score (nSPS) is 16.1. The topological polar surface area (TPSA) is 88.0 Å². The molecule has 0 saturated heterocycles. The molecule has 0 spiro atoms. The lowest BCUT2D eigenvalue weighted by Crippen LogP contribution is -2.24. The molecule has 0 radical (unpaired) electrons. The molecular weight excluding hydrogens is 338 g/mol. The van der Waals surface area contributed by atoms with Crippen molar-refractivity contribution in [1.82, 2.24) is 9.21 Å². The predicted octanol–water partition coefficient (Wildman–Crippen LogP) is 2.67. The van der Waals surface area contributed by atoms with Crippen molar-refractivity contribution in [2.75, 3.05) is 33.7 Å². The first-order chi connectivity index (χ1) is 11.9. The van der Waals surface area contributed by atoms with Gasteiger partial charge in [-0.3, -0.25) is 15.1 Å². The molecule has 1 aromatic rings. The van der Waals surface area contributed by atoms with E-state index in [4.69, 9.17) is 5.73 Å². The van der Waals surface area contributed by atoms with E-state index in [0.29, 0.717) is 23.7 Å². The minimum Gasteiger partial charge on any atom is -0.397 e. The summed E-state index contributed by atoms with van der Waals surface area (Å²) in [7, 11) is 3.77. The van der Waals surface area contributed by atoms with Crippen LogP contribution in [0.5, 0.6) is 0 Å². The summed E-state index contributed by atoms with van der Waals surface area (Å²) >= 11 is 1.39. The monoisotopic (exact) mass is 361 g/mol. The van der Waals surface area contributed by atoms with E-state index >= 15 is 0 Å². The van der Waals surface area contributed by atoms with Gasteiger partial charge in [0.15, 0.2) is 0 Å². The fourth-order valence-electron chi connectivity index (χ4n) is 2.29. The number of likely N-dealkylation sites (N-methyl/N-ethyl adjacent to an activating group) is 1. The third kappa shape index (κ3) is 5.33. The number of aliphatic imine (C=N–C) groups is 1. The molecule has 0 aromatic heterocycles. The second-order valence-electron chi connectivity index (χ2n) is 5.85. The average molecular weight is 361 g/mol. The van der Waals surface area contributed by atoms with Crippen LogP contribution in [0.2, 0.25) is 0 Å². The van der Waals surface area contributed by atoms with Gasteiger partial charge in [-0.25, -0.2) is 4.31 Å². The molecule has 0 amide bonds. The number of rotatable bonds is 6. The Morgan fingerprint density at radius 3 is 2.88 bits per heavy atom. The number of nitrogens with two attached hydrogens (primary N) is 1. The molecule has 0 unspecified atom stereocenters. The van der Waals surface area contributed by atoms with Crippen molar-refractivity contribution in [1.29, 1.82) is 0 Å². The third-order valence-corrected chi connectivity index (χ3v) is 4.82. The molecule has 8 heteroatoms. The summed E-state index contributed by atoms with van der Waals surface area (Å²) in [5.41, 5.74) is 8.35. The lowest BCUT2D eigenvalue weighted by Gasteiger charge is -2.19. The van der Waals surface area contributed by atoms with Crippen LogP contribution in [0.3, 0.4) is 0 Å². The number of hydrogen-bond donors (Lipinski definition) is 1. The summed E-state index contributed by atoms with van der Waals surface area (Å²) in [6.07, 6.45) is 2.72. The van der Waals surface area contributed by atoms with Gasteiger partial charge in [0, 0.05) is 33.3 Å². The maximum atomic E-state index is 11.2. The number of nitro benzene ring substituents is 1. The van der Waals surface area contributed by atoms with Gasteiger partial charge in [-0.15, -0.1) is 0 Å². The molecule has 1 aromatic carbocycles. The highest BCUT2D eigenvalue weighted by atomic mass is 32.2. The summed E-state index contributed by atoms with van der Waals surface area (Å²) in [5.74, 6) is 0. The Bertz CT molecular complexity index is 715. The molecule has 2 N–H and O–H groups in total. The second kappa shape index (κ2) is 8.68. The van der Waals surface area contributed by atoms with Gasteiger partial charge in [0.05, 0.1) is 28.6 Å². The molecule has 0 fully saturated rings. The number of hydrogen-bond acceptors (Lipinski definition) is 7. The van der Waals surface area contributed by atoms with Gasteiger partial charge in [0.1, 0.15) is 4.90 Å². The molecule has 7 nitrogen and oxygen atoms in total. The third-order valence-electron chi connectivity index (χ3n) is 3.70. The quantitative estimate of drug-likeness (QED) is 0.363.